The highest BCUT2D eigenvalue weighted by Gasteiger charge is 2.55. The van der Waals surface area contributed by atoms with Crippen molar-refractivity contribution in [2.45, 2.75) is 91.0 Å². The second-order valence-corrected chi connectivity index (χ2v) is 12.2. The van der Waals surface area contributed by atoms with Crippen LogP contribution in [0.25, 0.3) is 39.0 Å². The van der Waals surface area contributed by atoms with Crippen LogP contribution in [0.3, 0.4) is 0 Å². The lowest BCUT2D eigenvalue weighted by molar-refractivity contribution is -0.764. The van der Waals surface area contributed by atoms with Crippen LogP contribution in [0, 0.1) is 0 Å². The fraction of sp³-hybridized carbons (Fsp3) is 0.400. The van der Waals surface area contributed by atoms with Crippen LogP contribution >= 0.6 is 0 Å². The number of hydrogen-bond donors (Lipinski definition) is 0. The van der Waals surface area contributed by atoms with E-state index < -0.39 is 0 Å². The molecule has 3 nitrogen and oxygen atoms in total. The van der Waals surface area contributed by atoms with Gasteiger partial charge in [0.05, 0.1) is 5.56 Å². The standard InChI is InChI=1S/C35H41N2O/c1-9-34(7)28-17-13-11-15-24(28)33-36(19-20-37(33)35(34,8)10-2)31-27(23(5)6)21-26(22(3)4)30-25-16-12-14-18-29(25)38-32(30)31/h11-23H,9-10H2,1-8H3/q+1. The molecule has 0 N–H and O–H groups in total. The lowest BCUT2D eigenvalue weighted by atomic mass is 9.61. The van der Waals surface area contributed by atoms with Crippen LogP contribution in [0.5, 0.6) is 0 Å². The third kappa shape index (κ3) is 3.11. The Morgan fingerprint density at radius 1 is 0.868 bits per heavy atom. The van der Waals surface area contributed by atoms with E-state index in [0.717, 1.165) is 24.0 Å². The Morgan fingerprint density at radius 3 is 2.24 bits per heavy atom. The summed E-state index contributed by atoms with van der Waals surface area (Å²) in [5.41, 5.74) is 8.56. The van der Waals surface area contributed by atoms with Crippen LogP contribution in [-0.2, 0) is 11.0 Å². The zero-order valence-electron chi connectivity index (χ0n) is 24.2. The number of nitrogens with zero attached hydrogens (tertiary/aromatic N) is 2. The fourth-order valence-corrected chi connectivity index (χ4v) is 7.16. The Bertz CT molecular complexity index is 1680. The quantitative estimate of drug-likeness (QED) is 0.218. The predicted octanol–water partition coefficient (Wildman–Crippen LogP) is 9.38. The summed E-state index contributed by atoms with van der Waals surface area (Å²) in [5, 5.41) is 2.46. The van der Waals surface area contributed by atoms with Gasteiger partial charge in [-0.15, -0.1) is 0 Å². The van der Waals surface area contributed by atoms with Crippen molar-refractivity contribution in [3.63, 3.8) is 0 Å². The van der Waals surface area contributed by atoms with Crippen LogP contribution < -0.4 is 4.57 Å². The van der Waals surface area contributed by atoms with E-state index in [1.165, 1.54) is 44.5 Å². The minimum absolute atomic E-state index is 0.0270. The Kier molecular flexibility index (Phi) is 5.65. The molecule has 0 saturated heterocycles. The summed E-state index contributed by atoms with van der Waals surface area (Å²) in [5.74, 6) is 1.99. The summed E-state index contributed by atoms with van der Waals surface area (Å²) in [6, 6.07) is 20.0. The zero-order chi connectivity index (χ0) is 27.0. The maximum Gasteiger partial charge on any atom is 0.294 e. The predicted molar refractivity (Wildman–Crippen MR) is 158 cm³/mol. The van der Waals surface area contributed by atoms with Crippen molar-refractivity contribution in [3.8, 4) is 17.1 Å². The van der Waals surface area contributed by atoms with Gasteiger partial charge in [-0.05, 0) is 54.9 Å². The molecule has 38 heavy (non-hydrogen) atoms. The SMILES string of the molecule is CCC1(C)c2ccccc2-c2n(-c3c(C(C)C)cc(C(C)C)c4c3oc3ccccc34)cc[n+]2C1(C)CC. The number of benzene rings is 3. The van der Waals surface area contributed by atoms with E-state index in [0.29, 0.717) is 11.8 Å². The van der Waals surface area contributed by atoms with Gasteiger partial charge < -0.3 is 4.42 Å². The molecule has 5 aromatic rings. The van der Waals surface area contributed by atoms with Crippen LogP contribution in [0.4, 0.5) is 0 Å². The van der Waals surface area contributed by atoms with E-state index in [1.54, 1.807) is 0 Å². The summed E-state index contributed by atoms with van der Waals surface area (Å²) in [6.07, 6.45) is 6.73. The molecule has 0 saturated carbocycles. The summed E-state index contributed by atoms with van der Waals surface area (Å²) in [7, 11) is 0. The fourth-order valence-electron chi connectivity index (χ4n) is 7.16. The normalized spacial score (nSPS) is 21.0. The van der Waals surface area contributed by atoms with Crippen LogP contribution in [0.15, 0.2) is 71.4 Å². The lowest BCUT2D eigenvalue weighted by Gasteiger charge is -2.47. The van der Waals surface area contributed by atoms with E-state index in [-0.39, 0.29) is 11.0 Å². The van der Waals surface area contributed by atoms with E-state index in [9.17, 15) is 0 Å². The summed E-state index contributed by atoms with van der Waals surface area (Å²) in [6.45, 7) is 18.8. The van der Waals surface area contributed by atoms with Gasteiger partial charge in [-0.2, -0.15) is 4.57 Å². The number of hydrogen-bond acceptors (Lipinski definition) is 1. The van der Waals surface area contributed by atoms with Gasteiger partial charge in [0.15, 0.2) is 11.3 Å². The van der Waals surface area contributed by atoms with Gasteiger partial charge in [0.1, 0.15) is 23.5 Å². The van der Waals surface area contributed by atoms with Crippen molar-refractivity contribution in [2.75, 3.05) is 0 Å². The van der Waals surface area contributed by atoms with Gasteiger partial charge in [-0.25, -0.2) is 4.57 Å². The first-order valence-corrected chi connectivity index (χ1v) is 14.4. The zero-order valence-corrected chi connectivity index (χ0v) is 24.2. The number of para-hydroxylation sites is 1. The van der Waals surface area contributed by atoms with Gasteiger partial charge in [0, 0.05) is 21.8 Å². The van der Waals surface area contributed by atoms with Crippen molar-refractivity contribution < 1.29 is 8.98 Å². The number of aromatic nitrogens is 2. The summed E-state index contributed by atoms with van der Waals surface area (Å²) in [4.78, 5) is 0. The number of rotatable bonds is 5. The van der Waals surface area contributed by atoms with E-state index in [1.807, 2.05) is 0 Å². The second kappa shape index (κ2) is 8.59. The van der Waals surface area contributed by atoms with Crippen molar-refractivity contribution in [1.82, 2.24) is 4.57 Å². The molecule has 6 rings (SSSR count). The van der Waals surface area contributed by atoms with E-state index in [2.05, 4.69) is 132 Å². The van der Waals surface area contributed by atoms with Gasteiger partial charge in [0.25, 0.3) is 5.82 Å². The van der Waals surface area contributed by atoms with E-state index >= 15 is 0 Å². The van der Waals surface area contributed by atoms with Gasteiger partial charge >= 0.3 is 0 Å². The molecule has 3 heterocycles. The number of furan rings is 1. The highest BCUT2D eigenvalue weighted by molar-refractivity contribution is 6.10. The van der Waals surface area contributed by atoms with E-state index in [4.69, 9.17) is 4.42 Å². The molecule has 3 heteroatoms. The molecular formula is C35H41N2O+. The van der Waals surface area contributed by atoms with Crippen molar-refractivity contribution >= 4 is 21.9 Å². The van der Waals surface area contributed by atoms with Crippen LogP contribution in [0.2, 0.25) is 0 Å². The Hall–Kier alpha value is -3.33. The summed E-state index contributed by atoms with van der Waals surface area (Å²) < 4.78 is 11.8. The molecular weight excluding hydrogens is 464 g/mol. The molecule has 0 amide bonds. The molecule has 1 aliphatic heterocycles. The molecule has 2 unspecified atom stereocenters. The van der Waals surface area contributed by atoms with Gasteiger partial charge in [0.2, 0.25) is 0 Å². The average molecular weight is 506 g/mol. The molecule has 0 aliphatic carbocycles. The monoisotopic (exact) mass is 505 g/mol. The minimum atomic E-state index is -0.0560. The summed E-state index contributed by atoms with van der Waals surface area (Å²) >= 11 is 0. The topological polar surface area (TPSA) is 21.9 Å². The molecule has 2 aromatic heterocycles. The molecule has 2 atom stereocenters. The van der Waals surface area contributed by atoms with Gasteiger partial charge in [-0.3, -0.25) is 0 Å². The molecule has 0 fully saturated rings. The minimum Gasteiger partial charge on any atom is -0.452 e. The van der Waals surface area contributed by atoms with Crippen LogP contribution in [0.1, 0.15) is 96.8 Å². The molecule has 0 bridgehead atoms. The number of fused-ring (bicyclic) bond motifs is 6. The third-order valence-electron chi connectivity index (χ3n) is 9.87. The van der Waals surface area contributed by atoms with Crippen molar-refractivity contribution in [1.29, 1.82) is 0 Å². The maximum absolute atomic E-state index is 6.78. The Labute approximate surface area is 227 Å². The average Bonchev–Trinajstić information content (AvgIpc) is 3.53. The molecule has 196 valence electrons. The molecule has 0 radical (unpaired) electrons. The molecule has 0 spiro atoms. The highest BCUT2D eigenvalue weighted by Crippen LogP contribution is 2.51. The first-order chi connectivity index (χ1) is 18.2. The van der Waals surface area contributed by atoms with Crippen LogP contribution in [-0.4, -0.2) is 4.57 Å². The first-order valence-electron chi connectivity index (χ1n) is 14.4. The largest absolute Gasteiger partial charge is 0.452 e. The number of imidazole rings is 1. The Morgan fingerprint density at radius 2 is 1.55 bits per heavy atom. The first kappa shape index (κ1) is 25.0. The Balaban J connectivity index is 1.79. The third-order valence-corrected chi connectivity index (χ3v) is 9.87. The molecule has 1 aliphatic rings. The smallest absolute Gasteiger partial charge is 0.294 e. The molecule has 3 aromatic carbocycles. The van der Waals surface area contributed by atoms with Crippen molar-refractivity contribution in [3.05, 3.63) is 83.7 Å². The lowest BCUT2D eigenvalue weighted by Crippen LogP contribution is -2.67. The maximum atomic E-state index is 6.78. The highest BCUT2D eigenvalue weighted by atomic mass is 16.3. The van der Waals surface area contributed by atoms with Gasteiger partial charge in [-0.1, -0.05) is 90.9 Å². The van der Waals surface area contributed by atoms with Crippen molar-refractivity contribution in [2.24, 2.45) is 0 Å². The second-order valence-electron chi connectivity index (χ2n) is 12.2.